The highest BCUT2D eigenvalue weighted by Gasteiger charge is 2.19. The van der Waals surface area contributed by atoms with E-state index in [0.29, 0.717) is 15.8 Å². The van der Waals surface area contributed by atoms with Crippen LogP contribution in [0.4, 0.5) is 25.0 Å². The normalized spacial score (nSPS) is 10.6. The fourth-order valence-electron chi connectivity index (χ4n) is 2.67. The Morgan fingerprint density at radius 3 is 2.39 bits per heavy atom. The first kappa shape index (κ1) is 19.1. The zero-order valence-corrected chi connectivity index (χ0v) is 14.7. The maximum Gasteiger partial charge on any atom is 0.333 e. The van der Waals surface area contributed by atoms with Gasteiger partial charge in [-0.1, -0.05) is 12.1 Å². The maximum absolute atomic E-state index is 14.0. The summed E-state index contributed by atoms with van der Waals surface area (Å²) in [7, 11) is 1.25. The molecule has 144 valence electrons. The van der Waals surface area contributed by atoms with E-state index in [1.807, 2.05) is 0 Å². The number of hydrogen-bond acceptors (Lipinski definition) is 4. The SMILES string of the molecule is COc1cc(NC(=O)c2ccc3cc(F)ccc3c2)c(N(N)C(N)=O)cc1F. The van der Waals surface area contributed by atoms with Crippen LogP contribution in [0.3, 0.4) is 0 Å². The molecule has 0 saturated heterocycles. The van der Waals surface area contributed by atoms with Gasteiger partial charge in [-0.2, -0.15) is 0 Å². The molecule has 3 amide bonds. The van der Waals surface area contributed by atoms with Gasteiger partial charge in [0.25, 0.3) is 5.91 Å². The third-order valence-corrected chi connectivity index (χ3v) is 4.08. The lowest BCUT2D eigenvalue weighted by Crippen LogP contribution is -2.42. The number of carbonyl (C=O) groups is 2. The second-order valence-electron chi connectivity index (χ2n) is 5.87. The van der Waals surface area contributed by atoms with Gasteiger partial charge >= 0.3 is 6.03 Å². The van der Waals surface area contributed by atoms with Gasteiger partial charge in [-0.05, 0) is 35.0 Å². The number of halogens is 2. The number of hydrogen-bond donors (Lipinski definition) is 3. The van der Waals surface area contributed by atoms with Gasteiger partial charge in [0.2, 0.25) is 0 Å². The second kappa shape index (κ2) is 7.49. The number of ether oxygens (including phenoxy) is 1. The van der Waals surface area contributed by atoms with E-state index in [4.69, 9.17) is 16.3 Å². The zero-order valence-electron chi connectivity index (χ0n) is 14.7. The molecule has 0 aromatic heterocycles. The van der Waals surface area contributed by atoms with Gasteiger partial charge in [0, 0.05) is 17.7 Å². The van der Waals surface area contributed by atoms with Gasteiger partial charge < -0.3 is 15.8 Å². The lowest BCUT2D eigenvalue weighted by Gasteiger charge is -2.19. The van der Waals surface area contributed by atoms with E-state index in [-0.39, 0.29) is 28.5 Å². The average Bonchev–Trinajstić information content (AvgIpc) is 2.67. The van der Waals surface area contributed by atoms with Crippen LogP contribution in [0.2, 0.25) is 0 Å². The summed E-state index contributed by atoms with van der Waals surface area (Å²) >= 11 is 0. The molecule has 0 unspecified atom stereocenters. The summed E-state index contributed by atoms with van der Waals surface area (Å²) in [6, 6.07) is 9.90. The molecule has 0 fully saturated rings. The van der Waals surface area contributed by atoms with Crippen molar-refractivity contribution in [2.75, 3.05) is 17.4 Å². The predicted molar refractivity (Wildman–Crippen MR) is 101 cm³/mol. The summed E-state index contributed by atoms with van der Waals surface area (Å²) < 4.78 is 32.2. The van der Waals surface area contributed by atoms with Crippen molar-refractivity contribution in [1.29, 1.82) is 0 Å². The highest BCUT2D eigenvalue weighted by molar-refractivity contribution is 6.09. The number of primary amides is 1. The zero-order chi connectivity index (χ0) is 20.4. The number of benzene rings is 3. The van der Waals surface area contributed by atoms with Crippen LogP contribution >= 0.6 is 0 Å². The number of rotatable bonds is 4. The van der Waals surface area contributed by atoms with Crippen molar-refractivity contribution >= 4 is 34.1 Å². The first-order valence-corrected chi connectivity index (χ1v) is 8.02. The number of nitrogens with one attached hydrogen (secondary N) is 1. The Balaban J connectivity index is 1.99. The Morgan fingerprint density at radius 2 is 1.71 bits per heavy atom. The summed E-state index contributed by atoms with van der Waals surface area (Å²) in [5, 5.41) is 4.34. The van der Waals surface area contributed by atoms with Gasteiger partial charge in [0.05, 0.1) is 18.5 Å². The first-order valence-electron chi connectivity index (χ1n) is 8.02. The van der Waals surface area contributed by atoms with Gasteiger partial charge in [-0.15, -0.1) is 0 Å². The Labute approximate surface area is 158 Å². The summed E-state index contributed by atoms with van der Waals surface area (Å²) in [5.41, 5.74) is 5.27. The highest BCUT2D eigenvalue weighted by Crippen LogP contribution is 2.32. The van der Waals surface area contributed by atoms with Crippen molar-refractivity contribution < 1.29 is 23.1 Å². The van der Waals surface area contributed by atoms with Crippen LogP contribution in [-0.4, -0.2) is 19.0 Å². The average molecular weight is 386 g/mol. The van der Waals surface area contributed by atoms with E-state index in [2.05, 4.69) is 5.32 Å². The van der Waals surface area contributed by atoms with Crippen LogP contribution < -0.4 is 26.6 Å². The molecule has 9 heteroatoms. The Morgan fingerprint density at radius 1 is 1.04 bits per heavy atom. The van der Waals surface area contributed by atoms with Crippen LogP contribution in [0.5, 0.6) is 5.75 Å². The molecule has 0 aliphatic rings. The number of nitrogens with zero attached hydrogens (tertiary/aromatic N) is 1. The fourth-order valence-corrected chi connectivity index (χ4v) is 2.67. The Bertz CT molecular complexity index is 1090. The first-order chi connectivity index (χ1) is 13.3. The molecule has 0 aliphatic heterocycles. The second-order valence-corrected chi connectivity index (χ2v) is 5.87. The number of anilines is 2. The summed E-state index contributed by atoms with van der Waals surface area (Å²) in [4.78, 5) is 24.0. The largest absolute Gasteiger partial charge is 0.494 e. The highest BCUT2D eigenvalue weighted by atomic mass is 19.1. The molecule has 7 nitrogen and oxygen atoms in total. The number of methoxy groups -OCH3 is 1. The Kier molecular flexibility index (Phi) is 5.10. The minimum atomic E-state index is -1.05. The molecule has 0 spiro atoms. The van der Waals surface area contributed by atoms with Crippen molar-refractivity contribution in [2.24, 2.45) is 11.6 Å². The number of amides is 3. The smallest absolute Gasteiger partial charge is 0.333 e. The van der Waals surface area contributed by atoms with Gasteiger partial charge in [-0.25, -0.2) is 24.4 Å². The topological polar surface area (TPSA) is 111 Å². The fraction of sp³-hybridized carbons (Fsp3) is 0.0526. The van der Waals surface area contributed by atoms with Gasteiger partial charge in [0.1, 0.15) is 5.82 Å². The molecule has 0 bridgehead atoms. The van der Waals surface area contributed by atoms with Crippen LogP contribution in [-0.2, 0) is 0 Å². The minimum absolute atomic E-state index is 0.0174. The molecule has 0 aliphatic carbocycles. The van der Waals surface area contributed by atoms with Crippen LogP contribution in [0.25, 0.3) is 10.8 Å². The third-order valence-electron chi connectivity index (χ3n) is 4.08. The van der Waals surface area contributed by atoms with Crippen molar-refractivity contribution in [3.8, 4) is 5.75 Å². The van der Waals surface area contributed by atoms with E-state index in [0.717, 1.165) is 6.07 Å². The van der Waals surface area contributed by atoms with Crippen molar-refractivity contribution in [2.45, 2.75) is 0 Å². The lowest BCUT2D eigenvalue weighted by molar-refractivity contribution is 0.102. The minimum Gasteiger partial charge on any atom is -0.494 e. The lowest BCUT2D eigenvalue weighted by atomic mass is 10.1. The number of hydrazine groups is 1. The molecule has 0 heterocycles. The van der Waals surface area contributed by atoms with E-state index in [1.54, 1.807) is 18.2 Å². The van der Waals surface area contributed by atoms with E-state index in [9.17, 15) is 18.4 Å². The monoisotopic (exact) mass is 386 g/mol. The molecular weight excluding hydrogens is 370 g/mol. The van der Waals surface area contributed by atoms with E-state index in [1.165, 1.54) is 31.4 Å². The number of carbonyl (C=O) groups excluding carboxylic acids is 2. The van der Waals surface area contributed by atoms with E-state index >= 15 is 0 Å². The van der Waals surface area contributed by atoms with Gasteiger partial charge in [-0.3, -0.25) is 4.79 Å². The van der Waals surface area contributed by atoms with E-state index < -0.39 is 17.8 Å². The molecule has 0 atom stereocenters. The molecule has 0 saturated carbocycles. The van der Waals surface area contributed by atoms with Crippen molar-refractivity contribution in [1.82, 2.24) is 0 Å². The predicted octanol–water partition coefficient (Wildman–Crippen LogP) is 3.14. The molecule has 3 aromatic rings. The summed E-state index contributed by atoms with van der Waals surface area (Å²) in [6.45, 7) is 0. The Hall–Kier alpha value is -3.72. The molecular formula is C19H16F2N4O3. The number of urea groups is 1. The van der Waals surface area contributed by atoms with Crippen LogP contribution in [0.15, 0.2) is 48.5 Å². The quantitative estimate of drug-likeness (QED) is 0.363. The summed E-state index contributed by atoms with van der Waals surface area (Å²) in [6.07, 6.45) is 0. The van der Waals surface area contributed by atoms with Crippen molar-refractivity contribution in [3.63, 3.8) is 0 Å². The van der Waals surface area contributed by atoms with Crippen LogP contribution in [0, 0.1) is 11.6 Å². The molecule has 28 heavy (non-hydrogen) atoms. The van der Waals surface area contributed by atoms with Crippen molar-refractivity contribution in [3.05, 3.63) is 65.7 Å². The maximum atomic E-state index is 14.0. The van der Waals surface area contributed by atoms with Crippen LogP contribution in [0.1, 0.15) is 10.4 Å². The summed E-state index contributed by atoms with van der Waals surface area (Å²) in [5.74, 6) is 3.67. The number of fused-ring (bicyclic) bond motifs is 1. The third kappa shape index (κ3) is 3.69. The molecule has 3 aromatic carbocycles. The molecule has 5 N–H and O–H groups in total. The van der Waals surface area contributed by atoms with Gasteiger partial charge in [0.15, 0.2) is 11.6 Å². The molecule has 0 radical (unpaired) electrons. The standard InChI is InChI=1S/C19H16F2N4O3/c1-28-17-9-15(16(8-14(17)21)25(23)19(22)27)24-18(26)12-3-2-11-7-13(20)5-4-10(11)6-12/h2-9H,23H2,1H3,(H2,22,27)(H,24,26). The molecule has 3 rings (SSSR count). The number of nitrogens with two attached hydrogens (primary N) is 2.